The topological polar surface area (TPSA) is 82.3 Å². The lowest BCUT2D eigenvalue weighted by Crippen LogP contribution is -2.51. The molecule has 1 aliphatic carbocycles. The highest BCUT2D eigenvalue weighted by molar-refractivity contribution is 6.14. The van der Waals surface area contributed by atoms with Gasteiger partial charge in [0.2, 0.25) is 0 Å². The second kappa shape index (κ2) is 6.05. The van der Waals surface area contributed by atoms with Crippen molar-refractivity contribution in [2.24, 2.45) is 0 Å². The van der Waals surface area contributed by atoms with Gasteiger partial charge < -0.3 is 10.3 Å². The van der Waals surface area contributed by atoms with Crippen molar-refractivity contribution in [1.29, 1.82) is 0 Å². The molecule has 2 aliphatic rings. The lowest BCUT2D eigenvalue weighted by molar-refractivity contribution is -0.131. The van der Waals surface area contributed by atoms with Gasteiger partial charge in [-0.3, -0.25) is 14.5 Å². The lowest BCUT2D eigenvalue weighted by atomic mass is 9.78. The van der Waals surface area contributed by atoms with E-state index >= 15 is 0 Å². The van der Waals surface area contributed by atoms with E-state index in [0.717, 1.165) is 27.8 Å². The van der Waals surface area contributed by atoms with Crippen LogP contribution in [0.2, 0.25) is 0 Å². The standard InChI is InChI=1S/C22H19N3O3/c26-19(17-12-23-18-8-4-3-7-16(17)18)13-25-20(27)22(24-21(25)28)10-9-14-5-1-2-6-15(14)11-22/h1-8,12,23H,9-11,13H2,(H,24,28). The molecule has 0 radical (unpaired) electrons. The first-order valence-electron chi connectivity index (χ1n) is 9.38. The van der Waals surface area contributed by atoms with Gasteiger partial charge in [0, 0.05) is 29.1 Å². The number of nitrogens with one attached hydrogen (secondary N) is 2. The number of carbonyl (C=O) groups is 3. The minimum Gasteiger partial charge on any atom is -0.360 e. The number of imide groups is 1. The summed E-state index contributed by atoms with van der Waals surface area (Å²) in [6, 6.07) is 15.0. The summed E-state index contributed by atoms with van der Waals surface area (Å²) in [5.74, 6) is -0.561. The molecule has 2 N–H and O–H groups in total. The third-order valence-corrected chi connectivity index (χ3v) is 5.87. The number of aromatic nitrogens is 1. The first kappa shape index (κ1) is 16.7. The number of aryl methyl sites for hydroxylation is 1. The molecule has 1 spiro atoms. The SMILES string of the molecule is O=C(CN1C(=O)NC2(CCc3ccccc3C2)C1=O)c1c[nH]c2ccccc12. The number of ketones is 1. The number of benzene rings is 2. The van der Waals surface area contributed by atoms with Gasteiger partial charge in [-0.05, 0) is 30.0 Å². The van der Waals surface area contributed by atoms with Crippen LogP contribution >= 0.6 is 0 Å². The predicted octanol–water partition coefficient (Wildman–Crippen LogP) is 2.83. The molecular weight excluding hydrogens is 354 g/mol. The van der Waals surface area contributed by atoms with Crippen molar-refractivity contribution in [3.63, 3.8) is 0 Å². The fourth-order valence-corrected chi connectivity index (χ4v) is 4.38. The van der Waals surface area contributed by atoms with Crippen molar-refractivity contribution in [2.45, 2.75) is 24.8 Å². The number of H-pyrrole nitrogens is 1. The van der Waals surface area contributed by atoms with Crippen molar-refractivity contribution >= 4 is 28.6 Å². The summed E-state index contributed by atoms with van der Waals surface area (Å²) >= 11 is 0. The van der Waals surface area contributed by atoms with E-state index in [1.54, 1.807) is 6.20 Å². The highest BCUT2D eigenvalue weighted by Gasteiger charge is 2.52. The van der Waals surface area contributed by atoms with Crippen LogP contribution in [0.4, 0.5) is 4.79 Å². The summed E-state index contributed by atoms with van der Waals surface area (Å²) in [7, 11) is 0. The number of fused-ring (bicyclic) bond motifs is 2. The molecule has 1 saturated heterocycles. The molecule has 6 nitrogen and oxygen atoms in total. The number of urea groups is 1. The third kappa shape index (κ3) is 2.45. The summed E-state index contributed by atoms with van der Waals surface area (Å²) in [4.78, 5) is 42.7. The summed E-state index contributed by atoms with van der Waals surface area (Å²) in [6.07, 6.45) is 3.38. The van der Waals surface area contributed by atoms with E-state index in [-0.39, 0.29) is 18.2 Å². The van der Waals surface area contributed by atoms with Crippen molar-refractivity contribution in [2.75, 3.05) is 6.54 Å². The average Bonchev–Trinajstić information content (AvgIpc) is 3.23. The smallest absolute Gasteiger partial charge is 0.325 e. The fourth-order valence-electron chi connectivity index (χ4n) is 4.38. The van der Waals surface area contributed by atoms with E-state index in [9.17, 15) is 14.4 Å². The van der Waals surface area contributed by atoms with Crippen LogP contribution in [0.15, 0.2) is 54.7 Å². The maximum absolute atomic E-state index is 13.2. The highest BCUT2D eigenvalue weighted by atomic mass is 16.2. The number of hydrogen-bond acceptors (Lipinski definition) is 3. The molecule has 1 aromatic heterocycles. The summed E-state index contributed by atoms with van der Waals surface area (Å²) in [6.45, 7) is -0.254. The van der Waals surface area contributed by atoms with E-state index in [2.05, 4.69) is 16.4 Å². The van der Waals surface area contributed by atoms with E-state index in [0.29, 0.717) is 18.4 Å². The molecule has 1 fully saturated rings. The van der Waals surface area contributed by atoms with E-state index in [1.807, 2.05) is 42.5 Å². The quantitative estimate of drug-likeness (QED) is 0.547. The van der Waals surface area contributed by atoms with Crippen LogP contribution in [0.1, 0.15) is 27.9 Å². The van der Waals surface area contributed by atoms with Gasteiger partial charge in [-0.25, -0.2) is 4.79 Å². The number of amides is 3. The number of rotatable bonds is 3. The zero-order valence-corrected chi connectivity index (χ0v) is 15.2. The van der Waals surface area contributed by atoms with E-state index in [4.69, 9.17) is 0 Å². The van der Waals surface area contributed by atoms with Crippen molar-refractivity contribution in [3.8, 4) is 0 Å². The first-order valence-corrected chi connectivity index (χ1v) is 9.38. The minimum atomic E-state index is -0.939. The van der Waals surface area contributed by atoms with Gasteiger partial charge in [0.1, 0.15) is 5.54 Å². The lowest BCUT2D eigenvalue weighted by Gasteiger charge is -2.32. The number of aromatic amines is 1. The van der Waals surface area contributed by atoms with Crippen LogP contribution < -0.4 is 5.32 Å². The van der Waals surface area contributed by atoms with E-state index in [1.165, 1.54) is 5.56 Å². The molecule has 3 amide bonds. The van der Waals surface area contributed by atoms with Crippen LogP contribution in [0.3, 0.4) is 0 Å². The molecule has 6 heteroatoms. The molecular formula is C22H19N3O3. The molecule has 0 saturated carbocycles. The minimum absolute atomic E-state index is 0.254. The number of nitrogens with zero attached hydrogens (tertiary/aromatic N) is 1. The Balaban J connectivity index is 1.40. The van der Waals surface area contributed by atoms with Crippen molar-refractivity contribution in [1.82, 2.24) is 15.2 Å². The molecule has 2 aromatic carbocycles. The second-order valence-corrected chi connectivity index (χ2v) is 7.52. The fraction of sp³-hybridized carbons (Fsp3) is 0.227. The Morgan fingerprint density at radius 1 is 1.04 bits per heavy atom. The number of Topliss-reactive ketones (excluding diaryl/α,β-unsaturated/α-hetero) is 1. The Labute approximate surface area is 161 Å². The largest absolute Gasteiger partial charge is 0.360 e. The van der Waals surface area contributed by atoms with Gasteiger partial charge in [-0.15, -0.1) is 0 Å². The molecule has 1 unspecified atom stereocenters. The summed E-state index contributed by atoms with van der Waals surface area (Å²) < 4.78 is 0. The van der Waals surface area contributed by atoms with Gasteiger partial charge in [0.25, 0.3) is 5.91 Å². The van der Waals surface area contributed by atoms with Crippen molar-refractivity contribution in [3.05, 3.63) is 71.4 Å². The molecule has 5 rings (SSSR count). The Hall–Kier alpha value is -3.41. The second-order valence-electron chi connectivity index (χ2n) is 7.52. The van der Waals surface area contributed by atoms with Crippen molar-refractivity contribution < 1.29 is 14.4 Å². The molecule has 0 bridgehead atoms. The zero-order valence-electron chi connectivity index (χ0n) is 15.2. The van der Waals surface area contributed by atoms with Gasteiger partial charge in [-0.2, -0.15) is 0 Å². The predicted molar refractivity (Wildman–Crippen MR) is 104 cm³/mol. The molecule has 140 valence electrons. The molecule has 28 heavy (non-hydrogen) atoms. The zero-order chi connectivity index (χ0) is 19.3. The third-order valence-electron chi connectivity index (χ3n) is 5.87. The Morgan fingerprint density at radius 3 is 2.64 bits per heavy atom. The average molecular weight is 373 g/mol. The normalized spacial score (nSPS) is 21.2. The maximum atomic E-state index is 13.2. The van der Waals surface area contributed by atoms with Crippen LogP contribution in [-0.4, -0.2) is 39.7 Å². The summed E-state index contributed by atoms with van der Waals surface area (Å²) in [5.41, 5.74) is 2.69. The number of para-hydroxylation sites is 1. The number of carbonyl (C=O) groups excluding carboxylic acids is 3. The van der Waals surface area contributed by atoms with Crippen LogP contribution in [0.5, 0.6) is 0 Å². The maximum Gasteiger partial charge on any atom is 0.325 e. The molecule has 2 heterocycles. The Morgan fingerprint density at radius 2 is 1.79 bits per heavy atom. The van der Waals surface area contributed by atoms with Gasteiger partial charge in [0.05, 0.1) is 6.54 Å². The summed E-state index contributed by atoms with van der Waals surface area (Å²) in [5, 5.41) is 3.67. The molecule has 1 aliphatic heterocycles. The van der Waals surface area contributed by atoms with E-state index < -0.39 is 11.6 Å². The molecule has 1 atom stereocenters. The Kier molecular flexibility index (Phi) is 3.62. The van der Waals surface area contributed by atoms with Gasteiger partial charge >= 0.3 is 6.03 Å². The van der Waals surface area contributed by atoms with Crippen LogP contribution in [0, 0.1) is 0 Å². The monoisotopic (exact) mass is 373 g/mol. The number of hydrogen-bond donors (Lipinski definition) is 2. The van der Waals surface area contributed by atoms with Crippen LogP contribution in [-0.2, 0) is 17.6 Å². The van der Waals surface area contributed by atoms with Gasteiger partial charge in [-0.1, -0.05) is 42.5 Å². The highest BCUT2D eigenvalue weighted by Crippen LogP contribution is 2.33. The first-order chi connectivity index (χ1) is 13.6. The van der Waals surface area contributed by atoms with Gasteiger partial charge in [0.15, 0.2) is 5.78 Å². The molecule has 3 aromatic rings. The van der Waals surface area contributed by atoms with Crippen LogP contribution in [0.25, 0.3) is 10.9 Å². The Bertz CT molecular complexity index is 1130.